The zero-order valence-corrected chi connectivity index (χ0v) is 15.0. The molecule has 0 saturated carbocycles. The highest BCUT2D eigenvalue weighted by Gasteiger charge is 2.52. The normalized spacial score (nSPS) is 29.6. The number of aromatic nitrogens is 2. The van der Waals surface area contributed by atoms with Crippen molar-refractivity contribution in [2.45, 2.75) is 43.0 Å². The van der Waals surface area contributed by atoms with E-state index in [9.17, 15) is 13.2 Å². The Kier molecular flexibility index (Phi) is 4.33. The van der Waals surface area contributed by atoms with Crippen LogP contribution in [0.1, 0.15) is 32.1 Å². The number of nitrogens with one attached hydrogen (secondary N) is 1. The van der Waals surface area contributed by atoms with E-state index in [-0.39, 0.29) is 23.4 Å². The number of piperidine rings is 1. The van der Waals surface area contributed by atoms with Crippen molar-refractivity contribution in [3.63, 3.8) is 0 Å². The fraction of sp³-hybridized carbons (Fsp3) is 0.750. The third-order valence-corrected chi connectivity index (χ3v) is 7.64. The number of ether oxygens (including phenoxy) is 1. The van der Waals surface area contributed by atoms with Crippen LogP contribution in [-0.2, 0) is 19.6 Å². The van der Waals surface area contributed by atoms with Crippen LogP contribution >= 0.6 is 0 Å². The fourth-order valence-corrected chi connectivity index (χ4v) is 5.83. The summed E-state index contributed by atoms with van der Waals surface area (Å²) >= 11 is 0. The summed E-state index contributed by atoms with van der Waals surface area (Å²) in [6.45, 7) is 2.84. The van der Waals surface area contributed by atoms with E-state index in [4.69, 9.17) is 4.74 Å². The van der Waals surface area contributed by atoms with Gasteiger partial charge in [0.15, 0.2) is 0 Å². The first-order valence-electron chi connectivity index (χ1n) is 8.91. The molecule has 0 unspecified atom stereocenters. The number of rotatable bonds is 3. The summed E-state index contributed by atoms with van der Waals surface area (Å²) in [5.74, 6) is 0.135. The predicted octanol–water partition coefficient (Wildman–Crippen LogP) is 0.592. The van der Waals surface area contributed by atoms with E-state index in [1.54, 1.807) is 0 Å². The average molecular weight is 368 g/mol. The molecular weight excluding hydrogens is 344 g/mol. The van der Waals surface area contributed by atoms with Crippen LogP contribution in [0.5, 0.6) is 0 Å². The molecule has 1 atom stereocenters. The minimum absolute atomic E-state index is 0.135. The van der Waals surface area contributed by atoms with Crippen molar-refractivity contribution in [3.8, 4) is 0 Å². The number of likely N-dealkylation sites (tertiary alicyclic amines) is 1. The number of aromatic amines is 1. The predicted molar refractivity (Wildman–Crippen MR) is 89.2 cm³/mol. The third kappa shape index (κ3) is 2.88. The lowest BCUT2D eigenvalue weighted by Crippen LogP contribution is -2.55. The lowest BCUT2D eigenvalue weighted by Gasteiger charge is -2.44. The van der Waals surface area contributed by atoms with Crippen LogP contribution in [0.25, 0.3) is 0 Å². The van der Waals surface area contributed by atoms with Gasteiger partial charge in [-0.25, -0.2) is 8.42 Å². The van der Waals surface area contributed by atoms with Gasteiger partial charge in [0.1, 0.15) is 4.90 Å². The van der Waals surface area contributed by atoms with Crippen LogP contribution in [0.3, 0.4) is 0 Å². The number of amides is 1. The molecule has 3 saturated heterocycles. The Hall–Kier alpha value is -1.45. The molecule has 138 valence electrons. The number of hydrogen-bond acceptors (Lipinski definition) is 5. The summed E-state index contributed by atoms with van der Waals surface area (Å²) in [7, 11) is -3.59. The van der Waals surface area contributed by atoms with Gasteiger partial charge in [-0.15, -0.1) is 0 Å². The SMILES string of the molecule is O=C1N(C2CCOCC2)CCC[C@]12CCN(S(=O)(=O)c1cn[nH]c1)C2. The molecule has 0 bridgehead atoms. The average Bonchev–Trinajstić information content (AvgIpc) is 3.30. The molecule has 1 spiro atoms. The van der Waals surface area contributed by atoms with Crippen molar-refractivity contribution >= 4 is 15.9 Å². The van der Waals surface area contributed by atoms with Crippen LogP contribution in [-0.4, -0.2) is 72.6 Å². The largest absolute Gasteiger partial charge is 0.381 e. The smallest absolute Gasteiger partial charge is 0.246 e. The molecule has 1 aromatic heterocycles. The van der Waals surface area contributed by atoms with Crippen LogP contribution in [0.15, 0.2) is 17.3 Å². The first kappa shape index (κ1) is 17.0. The molecule has 0 radical (unpaired) electrons. The monoisotopic (exact) mass is 368 g/mol. The van der Waals surface area contributed by atoms with Crippen molar-refractivity contribution in [1.82, 2.24) is 19.4 Å². The zero-order chi connectivity index (χ0) is 17.5. The van der Waals surface area contributed by atoms with Gasteiger partial charge < -0.3 is 9.64 Å². The molecule has 3 aliphatic rings. The first-order chi connectivity index (χ1) is 12.0. The molecular formula is C16H24N4O4S. The molecule has 0 aliphatic carbocycles. The topological polar surface area (TPSA) is 95.6 Å². The quantitative estimate of drug-likeness (QED) is 0.843. The number of H-pyrrole nitrogens is 1. The number of nitrogens with zero attached hydrogens (tertiary/aromatic N) is 3. The maximum atomic E-state index is 13.3. The van der Waals surface area contributed by atoms with E-state index in [0.29, 0.717) is 26.2 Å². The molecule has 4 rings (SSSR count). The van der Waals surface area contributed by atoms with Gasteiger partial charge in [-0.05, 0) is 32.1 Å². The Morgan fingerprint density at radius 2 is 2.04 bits per heavy atom. The molecule has 3 aliphatic heterocycles. The number of carbonyl (C=O) groups excluding carboxylic acids is 1. The van der Waals surface area contributed by atoms with E-state index in [1.807, 2.05) is 4.90 Å². The summed E-state index contributed by atoms with van der Waals surface area (Å²) in [6, 6.07) is 0.234. The summed E-state index contributed by atoms with van der Waals surface area (Å²) < 4.78 is 32.3. The van der Waals surface area contributed by atoms with E-state index in [0.717, 1.165) is 32.2 Å². The molecule has 25 heavy (non-hydrogen) atoms. The second kappa shape index (κ2) is 6.37. The second-order valence-corrected chi connectivity index (χ2v) is 9.19. The van der Waals surface area contributed by atoms with E-state index < -0.39 is 15.4 Å². The van der Waals surface area contributed by atoms with Gasteiger partial charge >= 0.3 is 0 Å². The Bertz CT molecular complexity index is 729. The lowest BCUT2D eigenvalue weighted by molar-refractivity contribution is -0.150. The number of hydrogen-bond donors (Lipinski definition) is 1. The molecule has 3 fully saturated rings. The third-order valence-electron chi connectivity index (χ3n) is 5.83. The van der Waals surface area contributed by atoms with Crippen molar-refractivity contribution < 1.29 is 17.9 Å². The fourth-order valence-electron chi connectivity index (χ4n) is 4.39. The maximum Gasteiger partial charge on any atom is 0.246 e. The first-order valence-corrected chi connectivity index (χ1v) is 10.3. The highest BCUT2D eigenvalue weighted by molar-refractivity contribution is 7.89. The van der Waals surface area contributed by atoms with Crippen LogP contribution in [0.2, 0.25) is 0 Å². The highest BCUT2D eigenvalue weighted by Crippen LogP contribution is 2.42. The van der Waals surface area contributed by atoms with Gasteiger partial charge in [-0.2, -0.15) is 9.40 Å². The van der Waals surface area contributed by atoms with Gasteiger partial charge in [0.2, 0.25) is 15.9 Å². The molecule has 0 aromatic carbocycles. The zero-order valence-electron chi connectivity index (χ0n) is 14.2. The summed E-state index contributed by atoms with van der Waals surface area (Å²) in [4.78, 5) is 15.4. The maximum absolute atomic E-state index is 13.3. The Morgan fingerprint density at radius 1 is 1.24 bits per heavy atom. The Morgan fingerprint density at radius 3 is 2.76 bits per heavy atom. The summed E-state index contributed by atoms with van der Waals surface area (Å²) in [6.07, 6.45) is 6.75. The van der Waals surface area contributed by atoms with Crippen LogP contribution in [0, 0.1) is 5.41 Å². The highest BCUT2D eigenvalue weighted by atomic mass is 32.2. The minimum Gasteiger partial charge on any atom is -0.381 e. The summed E-state index contributed by atoms with van der Waals surface area (Å²) in [5.41, 5.74) is -0.562. The van der Waals surface area contributed by atoms with Gasteiger partial charge in [0, 0.05) is 45.1 Å². The summed E-state index contributed by atoms with van der Waals surface area (Å²) in [5, 5.41) is 6.28. The van der Waals surface area contributed by atoms with Gasteiger partial charge in [0.05, 0.1) is 11.6 Å². The molecule has 4 heterocycles. The number of carbonyl (C=O) groups is 1. The van der Waals surface area contributed by atoms with Crippen molar-refractivity contribution in [1.29, 1.82) is 0 Å². The molecule has 1 amide bonds. The van der Waals surface area contributed by atoms with Gasteiger partial charge in [0.25, 0.3) is 0 Å². The Balaban J connectivity index is 1.53. The minimum atomic E-state index is -3.59. The standard InChI is InChI=1S/C16H24N4O4S/c21-15-16(4-1-6-20(15)13-2-8-24-9-3-13)5-7-19(12-16)25(22,23)14-10-17-18-11-14/h10-11,13H,1-9,12H2,(H,17,18)/t16-/m1/s1. The van der Waals surface area contributed by atoms with Crippen molar-refractivity contribution in [2.24, 2.45) is 5.41 Å². The second-order valence-electron chi connectivity index (χ2n) is 7.25. The van der Waals surface area contributed by atoms with E-state index in [1.165, 1.54) is 16.7 Å². The van der Waals surface area contributed by atoms with Crippen molar-refractivity contribution in [3.05, 3.63) is 12.4 Å². The van der Waals surface area contributed by atoms with E-state index >= 15 is 0 Å². The van der Waals surface area contributed by atoms with Crippen LogP contribution < -0.4 is 0 Å². The lowest BCUT2D eigenvalue weighted by atomic mass is 9.77. The Labute approximate surface area is 147 Å². The van der Waals surface area contributed by atoms with E-state index in [2.05, 4.69) is 10.2 Å². The van der Waals surface area contributed by atoms with Crippen molar-refractivity contribution in [2.75, 3.05) is 32.8 Å². The molecule has 1 N–H and O–H groups in total. The van der Waals surface area contributed by atoms with Crippen LogP contribution in [0.4, 0.5) is 0 Å². The molecule has 9 heteroatoms. The van der Waals surface area contributed by atoms with Gasteiger partial charge in [-0.1, -0.05) is 0 Å². The number of sulfonamides is 1. The molecule has 8 nitrogen and oxygen atoms in total. The van der Waals surface area contributed by atoms with Gasteiger partial charge in [-0.3, -0.25) is 9.89 Å². The molecule has 1 aromatic rings.